The fourth-order valence-corrected chi connectivity index (χ4v) is 2.25. The molecule has 0 aliphatic carbocycles. The number of nitrogens with two attached hydrogens (primary N) is 1. The van der Waals surface area contributed by atoms with E-state index in [9.17, 15) is 0 Å². The van der Waals surface area contributed by atoms with E-state index in [1.54, 1.807) is 12.3 Å². The quantitative estimate of drug-likeness (QED) is 0.649. The van der Waals surface area contributed by atoms with Crippen molar-refractivity contribution in [2.45, 2.75) is 32.7 Å². The van der Waals surface area contributed by atoms with E-state index < -0.39 is 0 Å². The number of anilines is 1. The van der Waals surface area contributed by atoms with Gasteiger partial charge in [0.05, 0.1) is 5.39 Å². The molecule has 3 heterocycles. The number of nitrogens with zero attached hydrogens (tertiary/aromatic N) is 2. The summed E-state index contributed by atoms with van der Waals surface area (Å²) >= 11 is 5.56. The first-order valence-electron chi connectivity index (χ1n) is 6.55. The van der Waals surface area contributed by atoms with E-state index in [0.717, 1.165) is 17.3 Å². The number of aromatic nitrogens is 3. The van der Waals surface area contributed by atoms with Crippen molar-refractivity contribution in [3.63, 3.8) is 0 Å². The van der Waals surface area contributed by atoms with E-state index in [0.29, 0.717) is 11.5 Å². The molecule has 0 spiro atoms. The van der Waals surface area contributed by atoms with Crippen molar-refractivity contribution in [2.24, 2.45) is 5.92 Å². The van der Waals surface area contributed by atoms with Crippen molar-refractivity contribution < 1.29 is 0 Å². The van der Waals surface area contributed by atoms with Crippen LogP contribution in [0.25, 0.3) is 11.0 Å². The largest absolute Gasteiger partial charge is 0.383 e. The standard InChI is InChI=1S/C7H15N.C6H5ClN4/c1-6-3-4-7(2)8-5-6;7-6-10-4(8)3-1-2-9-5(3)11-6/h6-8H,3-5H2,1-2H3;1-2H,(H3,8,9,10,11)/t6?,7-;/m0./s1. The molecule has 1 fully saturated rings. The summed E-state index contributed by atoms with van der Waals surface area (Å²) in [6, 6.07) is 2.58. The van der Waals surface area contributed by atoms with E-state index >= 15 is 0 Å². The Balaban J connectivity index is 0.000000148. The number of nitrogen functional groups attached to an aromatic ring is 1. The highest BCUT2D eigenvalue weighted by Gasteiger charge is 2.11. The fourth-order valence-electron chi connectivity index (χ4n) is 2.08. The predicted octanol–water partition coefficient (Wildman–Crippen LogP) is 2.59. The summed E-state index contributed by atoms with van der Waals surface area (Å²) in [6.45, 7) is 5.78. The molecular formula is C13H20ClN5. The molecule has 4 N–H and O–H groups in total. The Morgan fingerprint density at radius 1 is 1.32 bits per heavy atom. The van der Waals surface area contributed by atoms with Crippen molar-refractivity contribution in [3.8, 4) is 0 Å². The monoisotopic (exact) mass is 281 g/mol. The van der Waals surface area contributed by atoms with Gasteiger partial charge in [0, 0.05) is 12.2 Å². The number of hydrogen-bond acceptors (Lipinski definition) is 4. The Bertz CT molecular complexity index is 521. The summed E-state index contributed by atoms with van der Waals surface area (Å²) in [4.78, 5) is 10.6. The van der Waals surface area contributed by atoms with Gasteiger partial charge in [0.15, 0.2) is 0 Å². The lowest BCUT2D eigenvalue weighted by atomic mass is 9.98. The third kappa shape index (κ3) is 3.81. The number of aromatic amines is 1. The molecule has 0 amide bonds. The molecule has 1 unspecified atom stereocenters. The maximum atomic E-state index is 5.56. The van der Waals surface area contributed by atoms with E-state index in [4.69, 9.17) is 17.3 Å². The molecule has 6 heteroatoms. The molecule has 0 saturated carbocycles. The molecular weight excluding hydrogens is 262 g/mol. The number of nitrogens with one attached hydrogen (secondary N) is 2. The maximum Gasteiger partial charge on any atom is 0.226 e. The van der Waals surface area contributed by atoms with Gasteiger partial charge >= 0.3 is 0 Å². The Hall–Kier alpha value is -1.33. The van der Waals surface area contributed by atoms with Gasteiger partial charge in [0.1, 0.15) is 11.5 Å². The number of piperidine rings is 1. The molecule has 2 atom stereocenters. The second-order valence-corrected chi connectivity index (χ2v) is 5.45. The van der Waals surface area contributed by atoms with Crippen LogP contribution in [0.3, 0.4) is 0 Å². The fraction of sp³-hybridized carbons (Fsp3) is 0.538. The molecule has 0 aromatic carbocycles. The topological polar surface area (TPSA) is 79.6 Å². The first kappa shape index (κ1) is 14.1. The van der Waals surface area contributed by atoms with Crippen molar-refractivity contribution in [1.82, 2.24) is 20.3 Å². The first-order chi connectivity index (χ1) is 9.06. The number of fused-ring (bicyclic) bond motifs is 1. The minimum Gasteiger partial charge on any atom is -0.383 e. The summed E-state index contributed by atoms with van der Waals surface area (Å²) < 4.78 is 0. The van der Waals surface area contributed by atoms with Gasteiger partial charge in [-0.15, -0.1) is 0 Å². The molecule has 2 aromatic heterocycles. The van der Waals surface area contributed by atoms with Gasteiger partial charge in [-0.1, -0.05) is 6.92 Å². The zero-order valence-electron chi connectivity index (χ0n) is 11.3. The summed E-state index contributed by atoms with van der Waals surface area (Å²) in [5.41, 5.74) is 6.21. The average molecular weight is 282 g/mol. The third-order valence-corrected chi connectivity index (χ3v) is 3.49. The van der Waals surface area contributed by atoms with Crippen molar-refractivity contribution in [1.29, 1.82) is 0 Å². The van der Waals surface area contributed by atoms with Gasteiger partial charge in [-0.05, 0) is 49.9 Å². The molecule has 0 bridgehead atoms. The van der Waals surface area contributed by atoms with Crippen molar-refractivity contribution >= 4 is 28.5 Å². The van der Waals surface area contributed by atoms with Crippen molar-refractivity contribution in [2.75, 3.05) is 12.3 Å². The Labute approximate surface area is 118 Å². The van der Waals surface area contributed by atoms with Crippen LogP contribution in [0.15, 0.2) is 12.3 Å². The van der Waals surface area contributed by atoms with Crippen LogP contribution in [0.2, 0.25) is 5.28 Å². The van der Waals surface area contributed by atoms with Crippen LogP contribution in [0, 0.1) is 5.92 Å². The molecule has 5 nitrogen and oxygen atoms in total. The van der Waals surface area contributed by atoms with Gasteiger partial charge in [-0.2, -0.15) is 4.98 Å². The van der Waals surface area contributed by atoms with Gasteiger partial charge in [-0.25, -0.2) is 4.98 Å². The summed E-state index contributed by atoms with van der Waals surface area (Å²) in [5, 5.41) is 4.40. The minimum atomic E-state index is 0.164. The Morgan fingerprint density at radius 3 is 2.74 bits per heavy atom. The highest BCUT2D eigenvalue weighted by Crippen LogP contribution is 2.17. The van der Waals surface area contributed by atoms with Crippen LogP contribution < -0.4 is 11.1 Å². The summed E-state index contributed by atoms with van der Waals surface area (Å²) in [5.74, 6) is 1.31. The molecule has 1 saturated heterocycles. The SMILES string of the molecule is CC1CC[C@H](C)NC1.Nc1nc(Cl)nc2[nH]ccc12. The molecule has 104 valence electrons. The average Bonchev–Trinajstić information content (AvgIpc) is 2.82. The van der Waals surface area contributed by atoms with Crippen LogP contribution in [0.5, 0.6) is 0 Å². The molecule has 2 aromatic rings. The van der Waals surface area contributed by atoms with Crippen LogP contribution in [0.1, 0.15) is 26.7 Å². The van der Waals surface area contributed by atoms with E-state index in [1.807, 2.05) is 0 Å². The van der Waals surface area contributed by atoms with Crippen LogP contribution >= 0.6 is 11.6 Å². The van der Waals surface area contributed by atoms with Gasteiger partial charge < -0.3 is 16.0 Å². The lowest BCUT2D eigenvalue weighted by Crippen LogP contribution is -2.35. The van der Waals surface area contributed by atoms with Crippen LogP contribution in [-0.2, 0) is 0 Å². The molecule has 0 radical (unpaired) electrons. The predicted molar refractivity (Wildman–Crippen MR) is 79.2 cm³/mol. The highest BCUT2D eigenvalue weighted by atomic mass is 35.5. The lowest BCUT2D eigenvalue weighted by Gasteiger charge is -2.24. The maximum absolute atomic E-state index is 5.56. The first-order valence-corrected chi connectivity index (χ1v) is 6.93. The van der Waals surface area contributed by atoms with Crippen LogP contribution in [-0.4, -0.2) is 27.5 Å². The lowest BCUT2D eigenvalue weighted by molar-refractivity contribution is 0.343. The Kier molecular flexibility index (Phi) is 4.61. The zero-order valence-corrected chi connectivity index (χ0v) is 12.0. The second-order valence-electron chi connectivity index (χ2n) is 5.11. The minimum absolute atomic E-state index is 0.164. The third-order valence-electron chi connectivity index (χ3n) is 3.33. The number of H-pyrrole nitrogens is 1. The number of rotatable bonds is 0. The molecule has 1 aliphatic heterocycles. The van der Waals surface area contributed by atoms with Crippen LogP contribution in [0.4, 0.5) is 5.82 Å². The van der Waals surface area contributed by atoms with E-state index in [-0.39, 0.29) is 5.28 Å². The van der Waals surface area contributed by atoms with Gasteiger partial charge in [0.25, 0.3) is 0 Å². The smallest absolute Gasteiger partial charge is 0.226 e. The molecule has 19 heavy (non-hydrogen) atoms. The highest BCUT2D eigenvalue weighted by molar-refractivity contribution is 6.28. The second kappa shape index (κ2) is 6.21. The summed E-state index contributed by atoms with van der Waals surface area (Å²) in [6.07, 6.45) is 4.52. The Morgan fingerprint density at radius 2 is 2.11 bits per heavy atom. The molecule has 1 aliphatic rings. The normalized spacial score (nSPS) is 22.9. The van der Waals surface area contributed by atoms with Crippen molar-refractivity contribution in [3.05, 3.63) is 17.5 Å². The zero-order chi connectivity index (χ0) is 13.8. The number of halogens is 1. The van der Waals surface area contributed by atoms with Gasteiger partial charge in [-0.3, -0.25) is 0 Å². The number of hydrogen-bond donors (Lipinski definition) is 3. The van der Waals surface area contributed by atoms with Gasteiger partial charge in [0.2, 0.25) is 5.28 Å². The van der Waals surface area contributed by atoms with E-state index in [1.165, 1.54) is 19.4 Å². The summed E-state index contributed by atoms with van der Waals surface area (Å²) in [7, 11) is 0. The van der Waals surface area contributed by atoms with E-state index in [2.05, 4.69) is 34.1 Å². The molecule has 3 rings (SSSR count).